The number of nitrogens with one attached hydrogen (secondary N) is 1. The number of hydrogen-bond donors (Lipinski definition) is 2. The third-order valence-corrected chi connectivity index (χ3v) is 5.29. The first kappa shape index (κ1) is 20.3. The molecule has 166 valence electrons. The fourth-order valence-electron chi connectivity index (χ4n) is 3.47. The number of aliphatic hydroxyl groups is 1. The van der Waals surface area contributed by atoms with Gasteiger partial charge in [0, 0.05) is 12.0 Å². The normalized spacial score (nSPS) is 22.6. The highest BCUT2D eigenvalue weighted by Crippen LogP contribution is 2.32. The van der Waals surface area contributed by atoms with Gasteiger partial charge < -0.3 is 24.6 Å². The second-order valence-electron chi connectivity index (χ2n) is 7.68. The largest absolute Gasteiger partial charge is 0.508 e. The molecule has 1 aliphatic carbocycles. The number of hydrogen-bond acceptors (Lipinski definition) is 9. The summed E-state index contributed by atoms with van der Waals surface area (Å²) < 4.78 is 17.6. The molecule has 2 fully saturated rings. The third-order valence-electron chi connectivity index (χ3n) is 5.29. The quantitative estimate of drug-likeness (QED) is 0.553. The van der Waals surface area contributed by atoms with E-state index in [9.17, 15) is 14.7 Å². The van der Waals surface area contributed by atoms with Gasteiger partial charge in [0.05, 0.1) is 12.4 Å². The van der Waals surface area contributed by atoms with Crippen molar-refractivity contribution in [1.29, 1.82) is 0 Å². The SMILES string of the molecule is O=C(OC[C@H]1O[C@@H](n2cnc3c(NC(=O)c4ccccc4)ncnc32)C[C@@H]1O)OC1CC1. The number of aliphatic hydroxyl groups excluding tert-OH is 1. The molecule has 1 amide bonds. The van der Waals surface area contributed by atoms with Crippen LogP contribution < -0.4 is 5.32 Å². The first-order valence-corrected chi connectivity index (χ1v) is 10.3. The number of anilines is 1. The van der Waals surface area contributed by atoms with Crippen molar-refractivity contribution in [3.8, 4) is 0 Å². The lowest BCUT2D eigenvalue weighted by Gasteiger charge is -2.15. The van der Waals surface area contributed by atoms with Gasteiger partial charge in [-0.15, -0.1) is 0 Å². The highest BCUT2D eigenvalue weighted by Gasteiger charge is 2.37. The van der Waals surface area contributed by atoms with Crippen LogP contribution in [-0.4, -0.2) is 61.6 Å². The zero-order valence-electron chi connectivity index (χ0n) is 17.0. The van der Waals surface area contributed by atoms with E-state index in [2.05, 4.69) is 20.3 Å². The molecule has 1 aliphatic heterocycles. The van der Waals surface area contributed by atoms with Gasteiger partial charge in [-0.1, -0.05) is 18.2 Å². The summed E-state index contributed by atoms with van der Waals surface area (Å²) in [6.07, 6.45) is 1.85. The molecule has 32 heavy (non-hydrogen) atoms. The second kappa shape index (κ2) is 8.52. The van der Waals surface area contributed by atoms with Crippen molar-refractivity contribution in [3.63, 3.8) is 0 Å². The molecular weight excluding hydrogens is 418 g/mol. The average Bonchev–Trinajstić information content (AvgIpc) is 3.37. The number of nitrogens with zero attached hydrogens (tertiary/aromatic N) is 4. The Balaban J connectivity index is 1.28. The summed E-state index contributed by atoms with van der Waals surface area (Å²) in [6, 6.07) is 8.76. The van der Waals surface area contributed by atoms with Gasteiger partial charge in [-0.25, -0.2) is 19.7 Å². The standard InChI is InChI=1S/C21H21N5O6/c27-14-8-16(32-15(14)9-30-21(29)31-13-6-7-13)26-11-24-17-18(22-10-23-19(17)26)25-20(28)12-4-2-1-3-5-12/h1-5,10-11,13-16,27H,6-9H2,(H,22,23,25,28)/t14-,15+,16+/m0/s1. The van der Waals surface area contributed by atoms with E-state index in [1.807, 2.05) is 6.07 Å². The monoisotopic (exact) mass is 439 g/mol. The molecule has 0 radical (unpaired) electrons. The summed E-state index contributed by atoms with van der Waals surface area (Å²) in [7, 11) is 0. The van der Waals surface area contributed by atoms with Crippen LogP contribution in [0, 0.1) is 0 Å². The van der Waals surface area contributed by atoms with Crippen LogP contribution in [0.2, 0.25) is 0 Å². The third kappa shape index (κ3) is 4.25. The maximum atomic E-state index is 12.5. The molecule has 1 saturated carbocycles. The molecule has 2 aromatic heterocycles. The molecule has 0 bridgehead atoms. The van der Waals surface area contributed by atoms with Gasteiger partial charge in [-0.2, -0.15) is 0 Å². The smallest absolute Gasteiger partial charge is 0.431 e. The van der Waals surface area contributed by atoms with Gasteiger partial charge in [0.1, 0.15) is 31.4 Å². The molecule has 5 rings (SSSR count). The fourth-order valence-corrected chi connectivity index (χ4v) is 3.47. The molecule has 3 atom stereocenters. The number of ether oxygens (including phenoxy) is 3. The Bertz CT molecular complexity index is 1130. The van der Waals surface area contributed by atoms with Crippen molar-refractivity contribution in [2.45, 2.75) is 43.8 Å². The summed E-state index contributed by atoms with van der Waals surface area (Å²) in [5, 5.41) is 13.1. The molecular formula is C21H21N5O6. The second-order valence-corrected chi connectivity index (χ2v) is 7.68. The lowest BCUT2D eigenvalue weighted by molar-refractivity contribution is -0.0574. The van der Waals surface area contributed by atoms with Gasteiger partial charge in [0.15, 0.2) is 17.0 Å². The molecule has 2 aliphatic rings. The molecule has 11 nitrogen and oxygen atoms in total. The number of carbonyl (C=O) groups excluding carboxylic acids is 2. The predicted molar refractivity (Wildman–Crippen MR) is 110 cm³/mol. The van der Waals surface area contributed by atoms with Gasteiger partial charge in [0.2, 0.25) is 0 Å². The maximum absolute atomic E-state index is 12.5. The van der Waals surface area contributed by atoms with Crippen LogP contribution in [0.15, 0.2) is 43.0 Å². The van der Waals surface area contributed by atoms with Crippen molar-refractivity contribution >= 4 is 29.0 Å². The van der Waals surface area contributed by atoms with E-state index in [0.29, 0.717) is 16.7 Å². The maximum Gasteiger partial charge on any atom is 0.508 e. The highest BCUT2D eigenvalue weighted by atomic mass is 16.7. The first-order chi connectivity index (χ1) is 15.6. The highest BCUT2D eigenvalue weighted by molar-refractivity contribution is 6.06. The van der Waals surface area contributed by atoms with Crippen LogP contribution in [0.1, 0.15) is 35.8 Å². The predicted octanol–water partition coefficient (Wildman–Crippen LogP) is 2.04. The zero-order chi connectivity index (χ0) is 22.1. The molecule has 2 N–H and O–H groups in total. The lowest BCUT2D eigenvalue weighted by atomic mass is 10.2. The van der Waals surface area contributed by atoms with Gasteiger partial charge in [-0.05, 0) is 25.0 Å². The summed E-state index contributed by atoms with van der Waals surface area (Å²) in [4.78, 5) is 36.8. The molecule has 1 aromatic carbocycles. The van der Waals surface area contributed by atoms with Crippen LogP contribution in [-0.2, 0) is 14.2 Å². The topological polar surface area (TPSA) is 138 Å². The van der Waals surface area contributed by atoms with Crippen LogP contribution >= 0.6 is 0 Å². The van der Waals surface area contributed by atoms with E-state index in [1.54, 1.807) is 28.8 Å². The van der Waals surface area contributed by atoms with E-state index >= 15 is 0 Å². The zero-order valence-corrected chi connectivity index (χ0v) is 17.0. The van der Waals surface area contributed by atoms with Crippen LogP contribution in [0.4, 0.5) is 10.6 Å². The van der Waals surface area contributed by atoms with E-state index in [1.165, 1.54) is 12.7 Å². The van der Waals surface area contributed by atoms with E-state index in [-0.39, 0.29) is 30.9 Å². The average molecular weight is 439 g/mol. The Hall–Kier alpha value is -3.57. The minimum atomic E-state index is -0.842. The Labute approximate surface area is 182 Å². The first-order valence-electron chi connectivity index (χ1n) is 10.3. The lowest BCUT2D eigenvalue weighted by Crippen LogP contribution is -2.28. The molecule has 0 unspecified atom stereocenters. The summed E-state index contributed by atoms with van der Waals surface area (Å²) >= 11 is 0. The Morgan fingerprint density at radius 2 is 2.00 bits per heavy atom. The van der Waals surface area contributed by atoms with Gasteiger partial charge in [0.25, 0.3) is 5.91 Å². The number of imidazole rings is 1. The Morgan fingerprint density at radius 3 is 2.78 bits per heavy atom. The summed E-state index contributed by atoms with van der Waals surface area (Å²) in [5.41, 5.74) is 1.32. The number of rotatable bonds is 6. The summed E-state index contributed by atoms with van der Waals surface area (Å²) in [6.45, 7) is -0.122. The minimum absolute atomic E-state index is 0.0572. The number of fused-ring (bicyclic) bond motifs is 1. The Kier molecular flexibility index (Phi) is 5.41. The molecule has 11 heteroatoms. The Morgan fingerprint density at radius 1 is 1.19 bits per heavy atom. The van der Waals surface area contributed by atoms with Gasteiger partial charge in [-0.3, -0.25) is 9.36 Å². The number of amides is 1. The van der Waals surface area contributed by atoms with Crippen molar-refractivity contribution in [1.82, 2.24) is 19.5 Å². The molecule has 3 heterocycles. The number of benzene rings is 1. The van der Waals surface area contributed by atoms with E-state index < -0.39 is 24.6 Å². The van der Waals surface area contributed by atoms with Gasteiger partial charge >= 0.3 is 6.16 Å². The van der Waals surface area contributed by atoms with Crippen LogP contribution in [0.5, 0.6) is 0 Å². The van der Waals surface area contributed by atoms with Crippen molar-refractivity contribution in [2.75, 3.05) is 11.9 Å². The van der Waals surface area contributed by atoms with Crippen LogP contribution in [0.25, 0.3) is 11.2 Å². The molecule has 1 saturated heterocycles. The fraction of sp³-hybridized carbons (Fsp3) is 0.381. The van der Waals surface area contributed by atoms with Crippen LogP contribution in [0.3, 0.4) is 0 Å². The van der Waals surface area contributed by atoms with Crippen molar-refractivity contribution in [2.24, 2.45) is 0 Å². The van der Waals surface area contributed by atoms with Crippen molar-refractivity contribution < 1.29 is 28.9 Å². The molecule has 0 spiro atoms. The molecule has 3 aromatic rings. The minimum Gasteiger partial charge on any atom is -0.431 e. The number of carbonyl (C=O) groups is 2. The number of aromatic nitrogens is 4. The van der Waals surface area contributed by atoms with E-state index in [0.717, 1.165) is 12.8 Å². The van der Waals surface area contributed by atoms with E-state index in [4.69, 9.17) is 14.2 Å². The summed E-state index contributed by atoms with van der Waals surface area (Å²) in [5.74, 6) is -0.0492. The van der Waals surface area contributed by atoms with Crippen molar-refractivity contribution in [3.05, 3.63) is 48.5 Å².